The maximum Gasteiger partial charge on any atom is 0.220 e. The van der Waals surface area contributed by atoms with E-state index < -0.39 is 49.5 Å². The van der Waals surface area contributed by atoms with Crippen LogP contribution in [0.1, 0.15) is 251 Å². The van der Waals surface area contributed by atoms with Crippen LogP contribution in [0.25, 0.3) is 0 Å². The number of allylic oxidation sites excluding steroid dienone is 9. The second kappa shape index (κ2) is 48.5. The molecule has 1 aliphatic rings. The van der Waals surface area contributed by atoms with Gasteiger partial charge in [0.2, 0.25) is 5.91 Å². The first kappa shape index (κ1) is 63.9. The third-order valence-corrected chi connectivity index (χ3v) is 13.4. The Kier molecular flexibility index (Phi) is 45.6. The highest BCUT2D eigenvalue weighted by atomic mass is 16.7. The van der Waals surface area contributed by atoms with Crippen molar-refractivity contribution in [1.29, 1.82) is 0 Å². The van der Waals surface area contributed by atoms with Gasteiger partial charge in [0.1, 0.15) is 24.4 Å². The van der Waals surface area contributed by atoms with Gasteiger partial charge in [-0.15, -0.1) is 0 Å². The summed E-state index contributed by atoms with van der Waals surface area (Å²) in [6, 6.07) is -0.845. The number of unbranched alkanes of at least 4 members (excludes halogenated alkanes) is 30. The number of amides is 1. The summed E-state index contributed by atoms with van der Waals surface area (Å²) in [4.78, 5) is 12.9. The van der Waals surface area contributed by atoms with Crippen molar-refractivity contribution in [2.45, 2.75) is 294 Å². The number of rotatable bonds is 48. The van der Waals surface area contributed by atoms with E-state index in [1.54, 1.807) is 6.08 Å². The van der Waals surface area contributed by atoms with Crippen LogP contribution in [0.15, 0.2) is 60.8 Å². The van der Waals surface area contributed by atoms with Gasteiger partial charge < -0.3 is 40.3 Å². The fourth-order valence-electron chi connectivity index (χ4n) is 8.88. The van der Waals surface area contributed by atoms with E-state index in [0.717, 1.165) is 44.9 Å². The number of nitrogens with one attached hydrogen (secondary N) is 1. The van der Waals surface area contributed by atoms with Crippen molar-refractivity contribution in [3.8, 4) is 0 Å². The largest absolute Gasteiger partial charge is 0.394 e. The topological polar surface area (TPSA) is 149 Å². The molecule has 7 atom stereocenters. The molecule has 7 unspecified atom stereocenters. The van der Waals surface area contributed by atoms with Gasteiger partial charge in [-0.2, -0.15) is 0 Å². The summed E-state index contributed by atoms with van der Waals surface area (Å²) in [7, 11) is 0. The molecule has 0 aromatic carbocycles. The van der Waals surface area contributed by atoms with Crippen LogP contribution in [0, 0.1) is 0 Å². The predicted octanol–water partition coefficient (Wildman–Crippen LogP) is 13.9. The maximum absolute atomic E-state index is 12.9. The van der Waals surface area contributed by atoms with Crippen LogP contribution < -0.4 is 5.32 Å². The van der Waals surface area contributed by atoms with Crippen molar-refractivity contribution in [3.63, 3.8) is 0 Å². The average molecular weight is 959 g/mol. The van der Waals surface area contributed by atoms with E-state index in [0.29, 0.717) is 6.42 Å². The lowest BCUT2D eigenvalue weighted by Crippen LogP contribution is -2.60. The molecule has 9 heteroatoms. The molecule has 0 saturated carbocycles. The minimum absolute atomic E-state index is 0.219. The molecule has 396 valence electrons. The van der Waals surface area contributed by atoms with Crippen LogP contribution in [0.2, 0.25) is 0 Å². The van der Waals surface area contributed by atoms with E-state index in [9.17, 15) is 30.3 Å². The van der Waals surface area contributed by atoms with Crippen LogP contribution in [-0.2, 0) is 14.3 Å². The number of carbonyl (C=O) groups excluding carboxylic acids is 1. The first-order chi connectivity index (χ1) is 33.3. The Hall–Kier alpha value is -2.11. The number of hydrogen-bond acceptors (Lipinski definition) is 8. The zero-order valence-corrected chi connectivity index (χ0v) is 43.9. The molecule has 68 heavy (non-hydrogen) atoms. The van der Waals surface area contributed by atoms with E-state index in [1.165, 1.54) is 180 Å². The Morgan fingerprint density at radius 2 is 0.912 bits per heavy atom. The molecule has 6 N–H and O–H groups in total. The molecule has 0 spiro atoms. The molecule has 1 rings (SSSR count). The lowest BCUT2D eigenvalue weighted by molar-refractivity contribution is -0.302. The van der Waals surface area contributed by atoms with E-state index in [4.69, 9.17) is 9.47 Å². The lowest BCUT2D eigenvalue weighted by Gasteiger charge is -2.40. The SMILES string of the molecule is CC/C=C\C/C=C\C/C=C\C/C=C\CCC(=O)NC(COC1OC(CO)C(O)C(O)C1O)C(O)/C=C/CCCCCCCCCCCCCCCCCCCCCCCCCCCCCCCC. The van der Waals surface area contributed by atoms with Crippen molar-refractivity contribution >= 4 is 5.91 Å². The predicted molar refractivity (Wildman–Crippen MR) is 286 cm³/mol. The molecule has 9 nitrogen and oxygen atoms in total. The highest BCUT2D eigenvalue weighted by Gasteiger charge is 2.44. The van der Waals surface area contributed by atoms with Crippen LogP contribution in [0.4, 0.5) is 0 Å². The average Bonchev–Trinajstić information content (AvgIpc) is 3.34. The second-order valence-corrected chi connectivity index (χ2v) is 19.7. The summed E-state index contributed by atoms with van der Waals surface area (Å²) >= 11 is 0. The van der Waals surface area contributed by atoms with Crippen molar-refractivity contribution in [2.75, 3.05) is 13.2 Å². The Morgan fingerprint density at radius 3 is 1.32 bits per heavy atom. The van der Waals surface area contributed by atoms with Gasteiger partial charge in [0.05, 0.1) is 25.4 Å². The van der Waals surface area contributed by atoms with E-state index in [1.807, 2.05) is 18.2 Å². The van der Waals surface area contributed by atoms with Crippen molar-refractivity contribution in [2.24, 2.45) is 0 Å². The quantitative estimate of drug-likeness (QED) is 0.0261. The van der Waals surface area contributed by atoms with E-state index in [-0.39, 0.29) is 18.9 Å². The number of aliphatic hydroxyl groups excluding tert-OH is 5. The van der Waals surface area contributed by atoms with Crippen molar-refractivity contribution in [1.82, 2.24) is 5.32 Å². The van der Waals surface area contributed by atoms with E-state index >= 15 is 0 Å². The van der Waals surface area contributed by atoms with Gasteiger partial charge in [-0.3, -0.25) is 4.79 Å². The van der Waals surface area contributed by atoms with Crippen molar-refractivity contribution < 1.29 is 39.8 Å². The molecule has 1 saturated heterocycles. The number of hydrogen-bond donors (Lipinski definition) is 6. The molecule has 1 fully saturated rings. The number of carbonyl (C=O) groups is 1. The Labute approximate surface area is 417 Å². The Bertz CT molecular complexity index is 1250. The minimum Gasteiger partial charge on any atom is -0.394 e. The van der Waals surface area contributed by atoms with Gasteiger partial charge in [-0.25, -0.2) is 0 Å². The standard InChI is InChI=1S/C59H107NO8/c1-3-5-7-9-11-13-15-17-18-19-20-21-22-23-24-25-26-27-28-29-30-31-32-33-34-35-37-38-40-42-44-46-48-53(62)52(51-67-59-58(66)57(65)56(64)54(50-61)68-59)60-55(63)49-47-45-43-41-39-36-16-14-12-10-8-6-4-2/h6,8,12,14,36,39,43,45-46,48,52-54,56-59,61-62,64-66H,3-5,7,9-11,13,15-35,37-38,40-42,44,47,49-51H2,1-2H3,(H,60,63)/b8-6-,14-12-,39-36-,45-43-,48-46+. The summed E-state index contributed by atoms with van der Waals surface area (Å²) in [6.45, 7) is 3.63. The van der Waals surface area contributed by atoms with Gasteiger partial charge in [0.25, 0.3) is 0 Å². The molecule has 0 radical (unpaired) electrons. The van der Waals surface area contributed by atoms with Crippen LogP contribution >= 0.6 is 0 Å². The highest BCUT2D eigenvalue weighted by Crippen LogP contribution is 2.23. The lowest BCUT2D eigenvalue weighted by atomic mass is 9.99. The smallest absolute Gasteiger partial charge is 0.220 e. The zero-order valence-electron chi connectivity index (χ0n) is 43.9. The third kappa shape index (κ3) is 37.7. The fourth-order valence-corrected chi connectivity index (χ4v) is 8.88. The summed E-state index contributed by atoms with van der Waals surface area (Å²) in [6.07, 6.45) is 59.0. The molecule has 1 heterocycles. The number of ether oxygens (including phenoxy) is 2. The molecule has 1 amide bonds. The summed E-state index contributed by atoms with van der Waals surface area (Å²) < 4.78 is 11.2. The summed E-state index contributed by atoms with van der Waals surface area (Å²) in [5.41, 5.74) is 0. The molecule has 0 aromatic rings. The first-order valence-corrected chi connectivity index (χ1v) is 28.5. The van der Waals surface area contributed by atoms with Gasteiger partial charge in [0.15, 0.2) is 6.29 Å². The van der Waals surface area contributed by atoms with Gasteiger partial charge in [-0.1, -0.05) is 261 Å². The van der Waals surface area contributed by atoms with E-state index in [2.05, 4.69) is 55.6 Å². The first-order valence-electron chi connectivity index (χ1n) is 28.5. The molecular formula is C59H107NO8. The monoisotopic (exact) mass is 958 g/mol. The van der Waals surface area contributed by atoms with Gasteiger partial charge in [-0.05, 0) is 44.9 Å². The minimum atomic E-state index is -1.58. The Balaban J connectivity index is 2.16. The third-order valence-electron chi connectivity index (χ3n) is 13.4. The van der Waals surface area contributed by atoms with Gasteiger partial charge in [0, 0.05) is 6.42 Å². The van der Waals surface area contributed by atoms with Gasteiger partial charge >= 0.3 is 0 Å². The fraction of sp³-hybridized carbons (Fsp3) is 0.814. The summed E-state index contributed by atoms with van der Waals surface area (Å²) in [5.74, 6) is -0.256. The van der Waals surface area contributed by atoms with Crippen LogP contribution in [0.5, 0.6) is 0 Å². The molecule has 0 aromatic heterocycles. The highest BCUT2D eigenvalue weighted by molar-refractivity contribution is 5.76. The normalized spacial score (nSPS) is 20.0. The number of aliphatic hydroxyl groups is 5. The van der Waals surface area contributed by atoms with Crippen LogP contribution in [0.3, 0.4) is 0 Å². The second-order valence-electron chi connectivity index (χ2n) is 19.7. The zero-order chi connectivity index (χ0) is 49.4. The molecular weight excluding hydrogens is 851 g/mol. The van der Waals surface area contributed by atoms with Crippen molar-refractivity contribution in [3.05, 3.63) is 60.8 Å². The van der Waals surface area contributed by atoms with Crippen LogP contribution in [-0.4, -0.2) is 87.5 Å². The molecule has 0 aliphatic carbocycles. The Morgan fingerprint density at radius 1 is 0.515 bits per heavy atom. The maximum atomic E-state index is 12.9. The molecule has 0 bridgehead atoms. The summed E-state index contributed by atoms with van der Waals surface area (Å²) in [5, 5.41) is 54.3. The molecule has 1 aliphatic heterocycles.